The number of rotatable bonds is 7. The van der Waals surface area contributed by atoms with Gasteiger partial charge in [0, 0.05) is 21.5 Å². The average Bonchev–Trinajstić information content (AvgIpc) is 1.65. The van der Waals surface area contributed by atoms with Crippen molar-refractivity contribution in [1.29, 1.82) is 52.6 Å². The summed E-state index contributed by atoms with van der Waals surface area (Å²) in [6, 6.07) is 68.7. The predicted molar refractivity (Wildman–Crippen MR) is 314 cm³/mol. The van der Waals surface area contributed by atoms with Gasteiger partial charge in [0.05, 0.1) is 144 Å². The lowest BCUT2D eigenvalue weighted by atomic mass is 9.95. The SMILES string of the molecule is N#Cc1cc(C#N)cc(-c2ccc3c(c2)c2cc(-c4cc(C#N)cc(C#N)c4)ccc2n3-c2cc(-c3ccc(C(F)(F)F)cc3C#N)cc(-n3c4ccc(-c5cc(C#N)cc(C#N)c5)cc4c4cc(-c5cc(C#N)cc(C#N)c5)ccc43)c2C#N)c1. The zero-order valence-corrected chi connectivity index (χ0v) is 44.2. The molecule has 10 aromatic carbocycles. The number of hydrogen-bond donors (Lipinski definition) is 0. The lowest BCUT2D eigenvalue weighted by molar-refractivity contribution is -0.137. The minimum absolute atomic E-state index is 0.0691. The van der Waals surface area contributed by atoms with Crippen LogP contribution in [-0.2, 0) is 6.18 Å². The van der Waals surface area contributed by atoms with Crippen LogP contribution in [0.1, 0.15) is 61.2 Å². The number of hydrogen-bond acceptors (Lipinski definition) is 10. The number of alkyl halides is 3. The maximum atomic E-state index is 14.4. The van der Waals surface area contributed by atoms with Gasteiger partial charge in [-0.25, -0.2) is 0 Å². The van der Waals surface area contributed by atoms with Gasteiger partial charge in [-0.2, -0.15) is 65.8 Å². The predicted octanol–water partition coefficient (Wildman–Crippen LogP) is 16.0. The van der Waals surface area contributed by atoms with E-state index in [1.807, 2.05) is 63.7 Å². The van der Waals surface area contributed by atoms with E-state index in [0.29, 0.717) is 88.1 Å². The van der Waals surface area contributed by atoms with Crippen LogP contribution in [0.4, 0.5) is 13.2 Å². The standard InChI is InChI=1S/C71H29F3N12/c72-71(73,74)58-5-6-59(57(23-58)38-83)56-28-69(85-65-7-1-48(52-15-40(30-75)11-41(16-52)31-76)24-60(65)61-25-49(2-8-66(61)85)53-17-42(32-77)12-43(18-53)33-78)64(39-84)70(29-56)86-67-9-3-50(54-19-44(34-79)13-45(20-54)35-80)26-62(67)63-27-51(4-10-68(63)86)55-21-46(36-81)14-47(22-55)37-82/h1-29H. The molecule has 0 amide bonds. The van der Waals surface area contributed by atoms with Gasteiger partial charge in [0.1, 0.15) is 11.6 Å². The highest BCUT2D eigenvalue weighted by molar-refractivity contribution is 6.14. The largest absolute Gasteiger partial charge is 0.416 e. The van der Waals surface area contributed by atoms with Crippen LogP contribution in [0.2, 0.25) is 0 Å². The van der Waals surface area contributed by atoms with Crippen molar-refractivity contribution in [2.45, 2.75) is 6.18 Å². The van der Waals surface area contributed by atoms with Gasteiger partial charge in [-0.05, 0) is 201 Å². The number of aromatic nitrogens is 2. The van der Waals surface area contributed by atoms with Crippen LogP contribution >= 0.6 is 0 Å². The van der Waals surface area contributed by atoms with E-state index in [1.165, 1.54) is 30.3 Å². The quantitative estimate of drug-likeness (QED) is 0.146. The van der Waals surface area contributed by atoms with Crippen LogP contribution < -0.4 is 0 Å². The second kappa shape index (κ2) is 20.9. The van der Waals surface area contributed by atoms with Crippen LogP contribution in [0.15, 0.2) is 176 Å². The Bertz CT molecular complexity index is 4800. The molecule has 86 heavy (non-hydrogen) atoms. The number of benzene rings is 10. The van der Waals surface area contributed by atoms with Gasteiger partial charge in [-0.3, -0.25) is 0 Å². The van der Waals surface area contributed by atoms with E-state index in [1.54, 1.807) is 84.9 Å². The maximum absolute atomic E-state index is 14.4. The van der Waals surface area contributed by atoms with E-state index in [2.05, 4.69) is 54.6 Å². The summed E-state index contributed by atoms with van der Waals surface area (Å²) in [5, 5.41) is 105. The van der Waals surface area contributed by atoms with Crippen molar-refractivity contribution in [2.24, 2.45) is 0 Å². The summed E-state index contributed by atoms with van der Waals surface area (Å²) in [6.45, 7) is 0. The second-order valence-electron chi connectivity index (χ2n) is 20.1. The third kappa shape index (κ3) is 9.09. The first-order valence-corrected chi connectivity index (χ1v) is 25.9. The molecule has 15 heteroatoms. The molecule has 0 aliphatic carbocycles. The fourth-order valence-corrected chi connectivity index (χ4v) is 11.3. The molecule has 0 bridgehead atoms. The van der Waals surface area contributed by atoms with E-state index < -0.39 is 11.7 Å². The van der Waals surface area contributed by atoms with Gasteiger partial charge >= 0.3 is 6.18 Å². The molecule has 12 nitrogen and oxygen atoms in total. The van der Waals surface area contributed by atoms with Gasteiger partial charge < -0.3 is 9.13 Å². The third-order valence-electron chi connectivity index (χ3n) is 15.1. The highest BCUT2D eigenvalue weighted by Gasteiger charge is 2.32. The Morgan fingerprint density at radius 3 is 0.802 bits per heavy atom. The smallest absolute Gasteiger partial charge is 0.308 e. The van der Waals surface area contributed by atoms with Gasteiger partial charge in [-0.1, -0.05) is 30.3 Å². The summed E-state index contributed by atoms with van der Waals surface area (Å²) in [5.74, 6) is 0. The Hall–Kier alpha value is -13.5. The molecule has 12 aromatic rings. The zero-order valence-electron chi connectivity index (χ0n) is 44.2. The Balaban J connectivity index is 1.21. The monoisotopic (exact) mass is 1110 g/mol. The molecule has 394 valence electrons. The molecular formula is C71H29F3N12. The molecule has 0 atom stereocenters. The summed E-state index contributed by atoms with van der Waals surface area (Å²) >= 11 is 0. The molecule has 0 saturated carbocycles. The van der Waals surface area contributed by atoms with Crippen molar-refractivity contribution < 1.29 is 13.2 Å². The van der Waals surface area contributed by atoms with Crippen LogP contribution in [-0.4, -0.2) is 9.13 Å². The van der Waals surface area contributed by atoms with Crippen molar-refractivity contribution in [1.82, 2.24) is 9.13 Å². The topological polar surface area (TPSA) is 248 Å². The van der Waals surface area contributed by atoms with Crippen molar-refractivity contribution >= 4 is 43.6 Å². The molecule has 0 saturated heterocycles. The second-order valence-corrected chi connectivity index (χ2v) is 20.1. The number of halogens is 3. The fourth-order valence-electron chi connectivity index (χ4n) is 11.3. The van der Waals surface area contributed by atoms with E-state index in [-0.39, 0.29) is 78.1 Å². The van der Waals surface area contributed by atoms with Crippen LogP contribution in [0.3, 0.4) is 0 Å². The summed E-state index contributed by atoms with van der Waals surface area (Å²) in [6.07, 6.45) is -4.80. The first-order valence-electron chi connectivity index (χ1n) is 25.9. The maximum Gasteiger partial charge on any atom is 0.416 e. The molecular weight excluding hydrogens is 1080 g/mol. The molecule has 0 aliphatic heterocycles. The van der Waals surface area contributed by atoms with Gasteiger partial charge in [-0.15, -0.1) is 0 Å². The highest BCUT2D eigenvalue weighted by atomic mass is 19.4. The van der Waals surface area contributed by atoms with Crippen LogP contribution in [0.5, 0.6) is 0 Å². The summed E-state index contributed by atoms with van der Waals surface area (Å²) < 4.78 is 46.9. The minimum atomic E-state index is -4.80. The zero-order chi connectivity index (χ0) is 60.1. The molecule has 2 aromatic heterocycles. The third-order valence-corrected chi connectivity index (χ3v) is 15.1. The molecule has 2 heterocycles. The number of fused-ring (bicyclic) bond motifs is 6. The lowest BCUT2D eigenvalue weighted by Gasteiger charge is -2.19. The van der Waals surface area contributed by atoms with Gasteiger partial charge in [0.25, 0.3) is 0 Å². The molecule has 0 radical (unpaired) electrons. The van der Waals surface area contributed by atoms with Crippen LogP contribution in [0.25, 0.3) is 111 Å². The molecule has 12 rings (SSSR count). The van der Waals surface area contributed by atoms with Gasteiger partial charge in [0.2, 0.25) is 0 Å². The van der Waals surface area contributed by atoms with Crippen molar-refractivity contribution in [3.8, 4) is 128 Å². The summed E-state index contributed by atoms with van der Waals surface area (Å²) in [7, 11) is 0. The molecule has 0 aliphatic rings. The van der Waals surface area contributed by atoms with Crippen LogP contribution in [0, 0.1) is 113 Å². The number of nitrogens with zero attached hydrogens (tertiary/aromatic N) is 12. The van der Waals surface area contributed by atoms with Crippen molar-refractivity contribution in [3.05, 3.63) is 237 Å². The van der Waals surface area contributed by atoms with E-state index >= 15 is 0 Å². The Labute approximate surface area is 487 Å². The van der Waals surface area contributed by atoms with E-state index in [0.717, 1.165) is 12.1 Å². The summed E-state index contributed by atoms with van der Waals surface area (Å²) in [4.78, 5) is 0. The fraction of sp³-hybridized carbons (Fsp3) is 0.0141. The minimum Gasteiger partial charge on any atom is -0.308 e. The van der Waals surface area contributed by atoms with E-state index in [4.69, 9.17) is 0 Å². The molecule has 0 N–H and O–H groups in total. The van der Waals surface area contributed by atoms with Gasteiger partial charge in [0.15, 0.2) is 0 Å². The Morgan fingerprint density at radius 1 is 0.267 bits per heavy atom. The lowest BCUT2D eigenvalue weighted by Crippen LogP contribution is -2.07. The van der Waals surface area contributed by atoms with E-state index in [9.17, 15) is 65.8 Å². The Kier molecular flexibility index (Phi) is 12.9. The average molecular weight is 1110 g/mol. The molecule has 0 unspecified atom stereocenters. The Morgan fingerprint density at radius 2 is 0.558 bits per heavy atom. The van der Waals surface area contributed by atoms with Crippen molar-refractivity contribution in [2.75, 3.05) is 0 Å². The molecule has 0 fully saturated rings. The summed E-state index contributed by atoms with van der Waals surface area (Å²) in [5.41, 5.74) is 8.28. The first-order chi connectivity index (χ1) is 41.7. The highest BCUT2D eigenvalue weighted by Crippen LogP contribution is 2.45. The molecule has 0 spiro atoms. The first kappa shape index (κ1) is 53.1. The normalized spacial score (nSPS) is 10.8. The number of nitriles is 10. The van der Waals surface area contributed by atoms with Crippen molar-refractivity contribution in [3.63, 3.8) is 0 Å².